The number of hydrogen-bond donors (Lipinski definition) is 0. The smallest absolute Gasteiger partial charge is 0.338 e. The number of carbonyl (C=O) groups excluding carboxylic acids is 1. The fourth-order valence-corrected chi connectivity index (χ4v) is 4.26. The first-order chi connectivity index (χ1) is 13.1. The molecule has 3 rings (SSSR count). The van der Waals surface area contributed by atoms with E-state index < -0.39 is 11.8 Å². The largest absolute Gasteiger partial charge is 0.494 e. The van der Waals surface area contributed by atoms with Crippen molar-refractivity contribution in [3.63, 3.8) is 0 Å². The normalized spacial score (nSPS) is 10.6. The highest BCUT2D eigenvalue weighted by Gasteiger charge is 2.14. The van der Waals surface area contributed by atoms with Crippen molar-refractivity contribution in [2.75, 3.05) is 7.11 Å². The monoisotopic (exact) mass is 403 g/mol. The zero-order valence-electron chi connectivity index (χ0n) is 14.9. The van der Waals surface area contributed by atoms with E-state index in [0.717, 1.165) is 15.6 Å². The molecule has 0 bridgehead atoms. The SMILES string of the molecule is COc1ccc(COC(=O)c2ccccc2CSc2nc(C)cs2)cc1F. The lowest BCUT2D eigenvalue weighted by Gasteiger charge is -2.10. The number of thiazole rings is 1. The van der Waals surface area contributed by atoms with Crippen molar-refractivity contribution in [3.8, 4) is 5.75 Å². The molecule has 0 aliphatic heterocycles. The average Bonchev–Trinajstić information content (AvgIpc) is 3.10. The number of benzene rings is 2. The van der Waals surface area contributed by atoms with E-state index in [-0.39, 0.29) is 12.4 Å². The number of carbonyl (C=O) groups is 1. The molecule has 0 atom stereocenters. The Morgan fingerprint density at radius 3 is 2.78 bits per heavy atom. The van der Waals surface area contributed by atoms with Crippen molar-refractivity contribution in [2.45, 2.75) is 23.6 Å². The van der Waals surface area contributed by atoms with Gasteiger partial charge in [-0.05, 0) is 36.2 Å². The lowest BCUT2D eigenvalue weighted by atomic mass is 10.1. The summed E-state index contributed by atoms with van der Waals surface area (Å²) < 4.78 is 25.0. The first-order valence-electron chi connectivity index (χ1n) is 8.19. The second-order valence-electron chi connectivity index (χ2n) is 5.75. The number of nitrogens with zero attached hydrogens (tertiary/aromatic N) is 1. The predicted octanol–water partition coefficient (Wildman–Crippen LogP) is 5.25. The minimum atomic E-state index is -0.485. The molecule has 0 unspecified atom stereocenters. The van der Waals surface area contributed by atoms with Gasteiger partial charge in [0.15, 0.2) is 11.6 Å². The molecule has 3 aromatic rings. The van der Waals surface area contributed by atoms with Gasteiger partial charge in [0.25, 0.3) is 0 Å². The van der Waals surface area contributed by atoms with Crippen LogP contribution in [0.15, 0.2) is 52.2 Å². The molecule has 0 aliphatic rings. The Morgan fingerprint density at radius 2 is 2.07 bits per heavy atom. The Hall–Kier alpha value is -2.38. The van der Waals surface area contributed by atoms with Crippen molar-refractivity contribution < 1.29 is 18.7 Å². The first-order valence-corrected chi connectivity index (χ1v) is 10.1. The fourth-order valence-electron chi connectivity index (χ4n) is 2.41. The molecule has 0 amide bonds. The lowest BCUT2D eigenvalue weighted by molar-refractivity contribution is 0.0471. The van der Waals surface area contributed by atoms with Crippen LogP contribution in [-0.2, 0) is 17.1 Å². The molecule has 0 N–H and O–H groups in total. The molecule has 1 heterocycles. The molecule has 4 nitrogen and oxygen atoms in total. The predicted molar refractivity (Wildman–Crippen MR) is 105 cm³/mol. The second kappa shape index (κ2) is 9.01. The van der Waals surface area contributed by atoms with Gasteiger partial charge in [-0.25, -0.2) is 14.2 Å². The summed E-state index contributed by atoms with van der Waals surface area (Å²) in [5.41, 5.74) is 2.93. The van der Waals surface area contributed by atoms with Crippen LogP contribution in [0, 0.1) is 12.7 Å². The van der Waals surface area contributed by atoms with Crippen molar-refractivity contribution in [2.24, 2.45) is 0 Å². The van der Waals surface area contributed by atoms with E-state index in [1.807, 2.05) is 24.4 Å². The highest BCUT2D eigenvalue weighted by Crippen LogP contribution is 2.27. The molecular weight excluding hydrogens is 385 g/mol. The van der Waals surface area contributed by atoms with Crippen LogP contribution < -0.4 is 4.74 Å². The van der Waals surface area contributed by atoms with Gasteiger partial charge in [0.2, 0.25) is 0 Å². The first kappa shape index (κ1) is 19.4. The summed E-state index contributed by atoms with van der Waals surface area (Å²) in [5, 5.41) is 2.00. The molecule has 7 heteroatoms. The van der Waals surface area contributed by atoms with Crippen molar-refractivity contribution >= 4 is 29.1 Å². The number of aromatic nitrogens is 1. The van der Waals surface area contributed by atoms with Crippen molar-refractivity contribution in [3.05, 3.63) is 76.0 Å². The summed E-state index contributed by atoms with van der Waals surface area (Å²) in [4.78, 5) is 16.9. The highest BCUT2D eigenvalue weighted by atomic mass is 32.2. The quantitative estimate of drug-likeness (QED) is 0.398. The van der Waals surface area contributed by atoms with Gasteiger partial charge in [0, 0.05) is 16.8 Å². The Balaban J connectivity index is 1.65. The molecule has 27 heavy (non-hydrogen) atoms. The number of aryl methyl sites for hydroxylation is 1. The Labute approximate surface area is 165 Å². The van der Waals surface area contributed by atoms with Gasteiger partial charge in [0.05, 0.1) is 12.7 Å². The van der Waals surface area contributed by atoms with Gasteiger partial charge < -0.3 is 9.47 Å². The van der Waals surface area contributed by atoms with Crippen LogP contribution in [0.5, 0.6) is 5.75 Å². The van der Waals surface area contributed by atoms with Gasteiger partial charge in [-0.2, -0.15) is 0 Å². The van der Waals surface area contributed by atoms with Crippen LogP contribution in [-0.4, -0.2) is 18.1 Å². The molecular formula is C20H18FNO3S2. The summed E-state index contributed by atoms with van der Waals surface area (Å²) in [7, 11) is 1.40. The molecule has 2 aromatic carbocycles. The molecule has 0 aliphatic carbocycles. The molecule has 1 aromatic heterocycles. The van der Waals surface area contributed by atoms with E-state index in [9.17, 15) is 9.18 Å². The molecule has 140 valence electrons. The lowest BCUT2D eigenvalue weighted by Crippen LogP contribution is -2.08. The number of methoxy groups -OCH3 is 1. The maximum absolute atomic E-state index is 13.8. The summed E-state index contributed by atoms with van der Waals surface area (Å²) in [6.07, 6.45) is 0. The standard InChI is InChI=1S/C20H18FNO3S2/c1-13-11-26-20(22-13)27-12-15-5-3-4-6-16(15)19(23)25-10-14-7-8-18(24-2)17(21)9-14/h3-9,11H,10,12H2,1-2H3. The van der Waals surface area contributed by atoms with E-state index in [2.05, 4.69) is 4.98 Å². The minimum absolute atomic E-state index is 0.00704. The number of ether oxygens (including phenoxy) is 2. The third kappa shape index (κ3) is 5.08. The molecule has 0 saturated carbocycles. The van der Waals surface area contributed by atoms with Gasteiger partial charge in [0.1, 0.15) is 10.9 Å². The molecule has 0 fully saturated rings. The molecule has 0 radical (unpaired) electrons. The van der Waals surface area contributed by atoms with E-state index in [0.29, 0.717) is 16.9 Å². The van der Waals surface area contributed by atoms with Crippen LogP contribution in [0.3, 0.4) is 0 Å². The third-order valence-corrected chi connectivity index (χ3v) is 5.96. The number of rotatable bonds is 7. The minimum Gasteiger partial charge on any atom is -0.494 e. The van der Waals surface area contributed by atoms with Crippen LogP contribution in [0.25, 0.3) is 0 Å². The van der Waals surface area contributed by atoms with Crippen LogP contribution in [0.2, 0.25) is 0 Å². The van der Waals surface area contributed by atoms with Crippen LogP contribution in [0.1, 0.15) is 27.2 Å². The van der Waals surface area contributed by atoms with Gasteiger partial charge >= 0.3 is 5.97 Å². The number of hydrogen-bond acceptors (Lipinski definition) is 6. The summed E-state index contributed by atoms with van der Waals surface area (Å²) in [6, 6.07) is 11.8. The Bertz CT molecular complexity index is 942. The molecule has 0 saturated heterocycles. The van der Waals surface area contributed by atoms with Crippen LogP contribution >= 0.6 is 23.1 Å². The summed E-state index contributed by atoms with van der Waals surface area (Å²) in [5.74, 6) is -0.140. The summed E-state index contributed by atoms with van der Waals surface area (Å²) >= 11 is 3.17. The van der Waals surface area contributed by atoms with E-state index in [1.165, 1.54) is 19.2 Å². The van der Waals surface area contributed by atoms with Gasteiger partial charge in [-0.3, -0.25) is 0 Å². The maximum atomic E-state index is 13.8. The topological polar surface area (TPSA) is 48.4 Å². The van der Waals surface area contributed by atoms with E-state index in [1.54, 1.807) is 41.3 Å². The average molecular weight is 404 g/mol. The zero-order valence-corrected chi connectivity index (χ0v) is 16.5. The van der Waals surface area contributed by atoms with E-state index in [4.69, 9.17) is 9.47 Å². The number of thioether (sulfide) groups is 1. The zero-order chi connectivity index (χ0) is 19.2. The van der Waals surface area contributed by atoms with Crippen LogP contribution in [0.4, 0.5) is 4.39 Å². The fraction of sp³-hybridized carbons (Fsp3) is 0.200. The Kier molecular flexibility index (Phi) is 6.47. The molecule has 0 spiro atoms. The van der Waals surface area contributed by atoms with Gasteiger partial charge in [-0.15, -0.1) is 11.3 Å². The third-order valence-electron chi connectivity index (χ3n) is 3.77. The Morgan fingerprint density at radius 1 is 1.26 bits per heavy atom. The summed E-state index contributed by atoms with van der Waals surface area (Å²) in [6.45, 7) is 1.95. The number of esters is 1. The van der Waals surface area contributed by atoms with Gasteiger partial charge in [-0.1, -0.05) is 36.0 Å². The number of halogens is 1. The highest BCUT2D eigenvalue weighted by molar-refractivity contribution is 8.00. The van der Waals surface area contributed by atoms with Crippen molar-refractivity contribution in [1.82, 2.24) is 4.98 Å². The second-order valence-corrected chi connectivity index (χ2v) is 7.83. The van der Waals surface area contributed by atoms with E-state index >= 15 is 0 Å². The maximum Gasteiger partial charge on any atom is 0.338 e. The van der Waals surface area contributed by atoms with Crippen molar-refractivity contribution in [1.29, 1.82) is 0 Å².